The van der Waals surface area contributed by atoms with Crippen LogP contribution in [0.5, 0.6) is 0 Å². The molecule has 1 saturated heterocycles. The number of nitrogens with two attached hydrogens (primary N) is 1. The van der Waals surface area contributed by atoms with Gasteiger partial charge in [0.05, 0.1) is 18.1 Å². The summed E-state index contributed by atoms with van der Waals surface area (Å²) < 4.78 is 2.33. The lowest BCUT2D eigenvalue weighted by molar-refractivity contribution is 0.291. The van der Waals surface area contributed by atoms with Crippen molar-refractivity contribution in [3.05, 3.63) is 18.2 Å². The highest BCUT2D eigenvalue weighted by Crippen LogP contribution is 2.39. The van der Waals surface area contributed by atoms with Gasteiger partial charge in [-0.15, -0.1) is 0 Å². The summed E-state index contributed by atoms with van der Waals surface area (Å²) in [6, 6.07) is 1.33. The van der Waals surface area contributed by atoms with Gasteiger partial charge in [-0.05, 0) is 26.3 Å². The van der Waals surface area contributed by atoms with Gasteiger partial charge in [-0.25, -0.2) is 4.98 Å². The lowest BCUT2D eigenvalue weighted by Gasteiger charge is -2.23. The van der Waals surface area contributed by atoms with Crippen LogP contribution in [0.25, 0.3) is 0 Å². The number of aromatic nitrogens is 2. The Labute approximate surface area is 90.1 Å². The summed E-state index contributed by atoms with van der Waals surface area (Å²) in [5, 5.41) is 0. The Kier molecular flexibility index (Phi) is 2.07. The first-order valence-electron chi connectivity index (χ1n) is 5.75. The molecule has 0 radical (unpaired) electrons. The van der Waals surface area contributed by atoms with Crippen LogP contribution < -0.4 is 5.73 Å². The van der Waals surface area contributed by atoms with E-state index in [1.54, 1.807) is 0 Å². The molecule has 0 bridgehead atoms. The van der Waals surface area contributed by atoms with Gasteiger partial charge in [-0.3, -0.25) is 4.90 Å². The second kappa shape index (κ2) is 3.32. The van der Waals surface area contributed by atoms with E-state index >= 15 is 0 Å². The third-order valence-electron chi connectivity index (χ3n) is 3.63. The van der Waals surface area contributed by atoms with E-state index in [1.165, 1.54) is 18.5 Å². The zero-order chi connectivity index (χ0) is 10.4. The molecule has 1 aromatic heterocycles. The summed E-state index contributed by atoms with van der Waals surface area (Å²) in [5.41, 5.74) is 7.48. The lowest BCUT2D eigenvalue weighted by atomic mass is 10.1. The number of hydrogen-bond donors (Lipinski definition) is 1. The first-order valence-corrected chi connectivity index (χ1v) is 5.75. The summed E-state index contributed by atoms with van der Waals surface area (Å²) in [6.45, 7) is 1.10. The standard InChI is InChI=1S/C11H18N4/c1-14-5-4-9(12)11(14)10-6-13-7-15(10)8-2-3-8/h6-9,11H,2-5,12H2,1H3. The molecule has 1 aliphatic heterocycles. The minimum atomic E-state index is 0.268. The smallest absolute Gasteiger partial charge is 0.0951 e. The molecule has 1 aliphatic carbocycles. The Morgan fingerprint density at radius 3 is 2.80 bits per heavy atom. The van der Waals surface area contributed by atoms with E-state index in [1.807, 2.05) is 12.5 Å². The Morgan fingerprint density at radius 2 is 2.20 bits per heavy atom. The van der Waals surface area contributed by atoms with Crippen molar-refractivity contribution >= 4 is 0 Å². The zero-order valence-electron chi connectivity index (χ0n) is 9.13. The molecular formula is C11H18N4. The molecule has 3 rings (SSSR count). The third-order valence-corrected chi connectivity index (χ3v) is 3.63. The minimum Gasteiger partial charge on any atom is -0.330 e. The Bertz CT molecular complexity index is 345. The SMILES string of the molecule is CN1CCC(N)C1c1cncn1C1CC1. The van der Waals surface area contributed by atoms with Crippen LogP contribution in [0.15, 0.2) is 12.5 Å². The fraction of sp³-hybridized carbons (Fsp3) is 0.727. The van der Waals surface area contributed by atoms with Crippen molar-refractivity contribution in [3.8, 4) is 0 Å². The van der Waals surface area contributed by atoms with Crippen LogP contribution in [0.1, 0.15) is 37.0 Å². The van der Waals surface area contributed by atoms with Crippen LogP contribution in [0.4, 0.5) is 0 Å². The van der Waals surface area contributed by atoms with Crippen LogP contribution in [-0.4, -0.2) is 34.1 Å². The largest absolute Gasteiger partial charge is 0.330 e. The summed E-state index contributed by atoms with van der Waals surface area (Å²) in [4.78, 5) is 6.63. The van der Waals surface area contributed by atoms with E-state index in [0.717, 1.165) is 13.0 Å². The quantitative estimate of drug-likeness (QED) is 0.782. The first kappa shape index (κ1) is 9.36. The van der Waals surface area contributed by atoms with E-state index in [0.29, 0.717) is 12.1 Å². The molecule has 1 saturated carbocycles. The Hall–Kier alpha value is -0.870. The van der Waals surface area contributed by atoms with Gasteiger partial charge in [0.2, 0.25) is 0 Å². The molecule has 2 atom stereocenters. The van der Waals surface area contributed by atoms with E-state index < -0.39 is 0 Å². The monoisotopic (exact) mass is 206 g/mol. The van der Waals surface area contributed by atoms with Gasteiger partial charge >= 0.3 is 0 Å². The Morgan fingerprint density at radius 1 is 1.40 bits per heavy atom. The van der Waals surface area contributed by atoms with Crippen LogP contribution in [0.3, 0.4) is 0 Å². The molecular weight excluding hydrogens is 188 g/mol. The van der Waals surface area contributed by atoms with E-state index in [9.17, 15) is 0 Å². The minimum absolute atomic E-state index is 0.268. The maximum atomic E-state index is 6.17. The molecule has 82 valence electrons. The molecule has 2 aliphatic rings. The van der Waals surface area contributed by atoms with Gasteiger partial charge in [-0.2, -0.15) is 0 Å². The van der Waals surface area contributed by atoms with Gasteiger partial charge in [0.15, 0.2) is 0 Å². The number of rotatable bonds is 2. The van der Waals surface area contributed by atoms with Crippen molar-refractivity contribution < 1.29 is 0 Å². The Balaban J connectivity index is 1.93. The average Bonchev–Trinajstić information content (AvgIpc) is 2.87. The van der Waals surface area contributed by atoms with E-state index in [4.69, 9.17) is 5.73 Å². The second-order valence-corrected chi connectivity index (χ2v) is 4.83. The molecule has 2 unspecified atom stereocenters. The fourth-order valence-corrected chi connectivity index (χ4v) is 2.62. The predicted molar refractivity (Wildman–Crippen MR) is 58.5 cm³/mol. The summed E-state index contributed by atoms with van der Waals surface area (Å²) in [7, 11) is 2.15. The number of likely N-dealkylation sites (N-methyl/N-ethyl adjacent to an activating group) is 1. The number of nitrogens with zero attached hydrogens (tertiary/aromatic N) is 3. The van der Waals surface area contributed by atoms with E-state index in [2.05, 4.69) is 21.5 Å². The molecule has 0 amide bonds. The van der Waals surface area contributed by atoms with Gasteiger partial charge in [0.25, 0.3) is 0 Å². The number of hydrogen-bond acceptors (Lipinski definition) is 3. The molecule has 4 nitrogen and oxygen atoms in total. The molecule has 1 aromatic rings. The van der Waals surface area contributed by atoms with Crippen LogP contribution in [-0.2, 0) is 0 Å². The highest BCUT2D eigenvalue weighted by molar-refractivity contribution is 5.13. The average molecular weight is 206 g/mol. The van der Waals surface area contributed by atoms with Crippen molar-refractivity contribution in [2.45, 2.75) is 37.4 Å². The van der Waals surface area contributed by atoms with Crippen LogP contribution in [0.2, 0.25) is 0 Å². The van der Waals surface area contributed by atoms with Crippen LogP contribution >= 0.6 is 0 Å². The molecule has 0 spiro atoms. The fourth-order valence-electron chi connectivity index (χ4n) is 2.62. The predicted octanol–water partition coefficient (Wildman–Crippen LogP) is 0.922. The second-order valence-electron chi connectivity index (χ2n) is 4.83. The van der Waals surface area contributed by atoms with Gasteiger partial charge < -0.3 is 10.3 Å². The van der Waals surface area contributed by atoms with Crippen molar-refractivity contribution in [1.82, 2.24) is 14.5 Å². The molecule has 0 aromatic carbocycles. The van der Waals surface area contributed by atoms with Gasteiger partial charge in [0, 0.05) is 24.8 Å². The zero-order valence-corrected chi connectivity index (χ0v) is 9.13. The lowest BCUT2D eigenvalue weighted by Crippen LogP contribution is -2.31. The highest BCUT2D eigenvalue weighted by atomic mass is 15.2. The first-order chi connectivity index (χ1) is 7.27. The van der Waals surface area contributed by atoms with Gasteiger partial charge in [-0.1, -0.05) is 0 Å². The van der Waals surface area contributed by atoms with Crippen molar-refractivity contribution in [1.29, 1.82) is 0 Å². The topological polar surface area (TPSA) is 47.1 Å². The highest BCUT2D eigenvalue weighted by Gasteiger charge is 2.35. The summed E-state index contributed by atoms with van der Waals surface area (Å²) in [5.74, 6) is 0. The van der Waals surface area contributed by atoms with Crippen molar-refractivity contribution in [2.75, 3.05) is 13.6 Å². The molecule has 15 heavy (non-hydrogen) atoms. The third kappa shape index (κ3) is 1.48. The molecule has 4 heteroatoms. The summed E-state index contributed by atoms with van der Waals surface area (Å²) in [6.07, 6.45) is 7.65. The maximum absolute atomic E-state index is 6.17. The molecule has 2 N–H and O–H groups in total. The maximum Gasteiger partial charge on any atom is 0.0951 e. The summed E-state index contributed by atoms with van der Waals surface area (Å²) >= 11 is 0. The number of imidazole rings is 1. The molecule has 2 fully saturated rings. The molecule has 2 heterocycles. The van der Waals surface area contributed by atoms with E-state index in [-0.39, 0.29) is 6.04 Å². The van der Waals surface area contributed by atoms with Crippen molar-refractivity contribution in [3.63, 3.8) is 0 Å². The van der Waals surface area contributed by atoms with Gasteiger partial charge in [0.1, 0.15) is 0 Å². The number of likely N-dealkylation sites (tertiary alicyclic amines) is 1. The van der Waals surface area contributed by atoms with Crippen LogP contribution in [0, 0.1) is 0 Å². The normalized spacial score (nSPS) is 32.4. The van der Waals surface area contributed by atoms with Crippen molar-refractivity contribution in [2.24, 2.45) is 5.73 Å².